The number of pyridine rings is 1. The third-order valence-corrected chi connectivity index (χ3v) is 2.86. The molecular weight excluding hydrogens is 207 g/mol. The minimum Gasteiger partial charge on any atom is -0.389 e. The Labute approximate surface area is 95.7 Å². The molecule has 1 rings (SSSR count). The summed E-state index contributed by atoms with van der Waals surface area (Å²) >= 11 is 0. The van der Waals surface area contributed by atoms with Gasteiger partial charge < -0.3 is 10.4 Å². The largest absolute Gasteiger partial charge is 0.389 e. The molecule has 0 bridgehead atoms. The minimum absolute atomic E-state index is 0.333. The maximum atomic E-state index is 12.8. The summed E-state index contributed by atoms with van der Waals surface area (Å²) in [5.41, 5.74) is 0.121. The highest BCUT2D eigenvalue weighted by molar-refractivity contribution is 5.09. The van der Waals surface area contributed by atoms with Crippen molar-refractivity contribution in [3.8, 4) is 0 Å². The van der Waals surface area contributed by atoms with Crippen molar-refractivity contribution in [2.75, 3.05) is 6.54 Å². The van der Waals surface area contributed by atoms with Crippen LogP contribution in [0.5, 0.6) is 0 Å². The molecule has 1 aromatic rings. The average molecular weight is 226 g/mol. The summed E-state index contributed by atoms with van der Waals surface area (Å²) in [7, 11) is 0. The van der Waals surface area contributed by atoms with Crippen LogP contribution in [0.15, 0.2) is 18.5 Å². The first-order valence-electron chi connectivity index (χ1n) is 5.62. The van der Waals surface area contributed by atoms with Crippen molar-refractivity contribution in [2.45, 2.75) is 38.8 Å². The second-order valence-electron chi connectivity index (χ2n) is 4.05. The monoisotopic (exact) mass is 226 g/mol. The highest BCUT2D eigenvalue weighted by atomic mass is 19.1. The number of aromatic nitrogens is 1. The van der Waals surface area contributed by atoms with Crippen molar-refractivity contribution in [1.82, 2.24) is 10.3 Å². The van der Waals surface area contributed by atoms with Crippen LogP contribution in [0.25, 0.3) is 0 Å². The Morgan fingerprint density at radius 1 is 1.38 bits per heavy atom. The van der Waals surface area contributed by atoms with Crippen molar-refractivity contribution >= 4 is 0 Å². The molecule has 16 heavy (non-hydrogen) atoms. The van der Waals surface area contributed by atoms with Crippen LogP contribution in [0.4, 0.5) is 4.39 Å². The zero-order chi connectivity index (χ0) is 12.0. The van der Waals surface area contributed by atoms with E-state index in [-0.39, 0.29) is 5.82 Å². The molecule has 0 radical (unpaired) electrons. The van der Waals surface area contributed by atoms with Gasteiger partial charge in [0.1, 0.15) is 5.82 Å². The maximum absolute atomic E-state index is 12.8. The lowest BCUT2D eigenvalue weighted by Crippen LogP contribution is -2.39. The molecule has 0 unspecified atom stereocenters. The van der Waals surface area contributed by atoms with Crippen molar-refractivity contribution < 1.29 is 9.50 Å². The number of hydrogen-bond donors (Lipinski definition) is 2. The lowest BCUT2D eigenvalue weighted by molar-refractivity contribution is 0.0323. The lowest BCUT2D eigenvalue weighted by atomic mass is 9.97. The highest BCUT2D eigenvalue weighted by Crippen LogP contribution is 2.13. The fourth-order valence-corrected chi connectivity index (χ4v) is 1.49. The molecule has 0 amide bonds. The number of nitrogens with one attached hydrogen (secondary N) is 1. The van der Waals surface area contributed by atoms with E-state index in [4.69, 9.17) is 0 Å². The number of aliphatic hydroxyl groups is 1. The van der Waals surface area contributed by atoms with Gasteiger partial charge in [-0.05, 0) is 24.5 Å². The molecule has 3 nitrogen and oxygen atoms in total. The van der Waals surface area contributed by atoms with E-state index < -0.39 is 5.60 Å². The zero-order valence-electron chi connectivity index (χ0n) is 9.83. The van der Waals surface area contributed by atoms with Gasteiger partial charge in [0.05, 0.1) is 11.8 Å². The SMILES string of the molecule is CCC(O)(CC)CNCc1cncc(F)c1. The standard InChI is InChI=1S/C12H19FN2O/c1-3-12(16,4-2)9-15-7-10-5-11(13)8-14-6-10/h5-6,8,15-16H,3-4,7,9H2,1-2H3. The molecule has 0 fully saturated rings. The zero-order valence-corrected chi connectivity index (χ0v) is 9.83. The second kappa shape index (κ2) is 5.92. The topological polar surface area (TPSA) is 45.1 Å². The number of nitrogens with zero attached hydrogens (tertiary/aromatic N) is 1. The van der Waals surface area contributed by atoms with E-state index in [1.54, 1.807) is 6.20 Å². The Balaban J connectivity index is 2.41. The predicted octanol–water partition coefficient (Wildman–Crippen LogP) is 1.86. The highest BCUT2D eigenvalue weighted by Gasteiger charge is 2.20. The molecule has 90 valence electrons. The first-order valence-corrected chi connectivity index (χ1v) is 5.62. The van der Waals surface area contributed by atoms with Gasteiger partial charge in [-0.15, -0.1) is 0 Å². The molecule has 2 N–H and O–H groups in total. The average Bonchev–Trinajstić information content (AvgIpc) is 2.29. The van der Waals surface area contributed by atoms with Crippen LogP contribution in [0.2, 0.25) is 0 Å². The second-order valence-corrected chi connectivity index (χ2v) is 4.05. The van der Waals surface area contributed by atoms with Gasteiger partial charge in [-0.2, -0.15) is 0 Å². The number of rotatable bonds is 6. The summed E-state index contributed by atoms with van der Waals surface area (Å²) in [5, 5.41) is 13.1. The summed E-state index contributed by atoms with van der Waals surface area (Å²) in [6.07, 6.45) is 4.21. The fraction of sp³-hybridized carbons (Fsp3) is 0.583. The first kappa shape index (κ1) is 13.1. The molecule has 0 atom stereocenters. The van der Waals surface area contributed by atoms with E-state index >= 15 is 0 Å². The summed E-state index contributed by atoms with van der Waals surface area (Å²) in [4.78, 5) is 3.76. The van der Waals surface area contributed by atoms with E-state index in [0.717, 1.165) is 5.56 Å². The molecule has 1 aromatic heterocycles. The first-order chi connectivity index (χ1) is 7.59. The fourth-order valence-electron chi connectivity index (χ4n) is 1.49. The Kier molecular flexibility index (Phi) is 4.83. The third kappa shape index (κ3) is 3.87. The van der Waals surface area contributed by atoms with Crippen LogP contribution in [-0.2, 0) is 6.54 Å². The van der Waals surface area contributed by atoms with E-state index in [9.17, 15) is 9.50 Å². The molecule has 0 aromatic carbocycles. The van der Waals surface area contributed by atoms with Crippen molar-refractivity contribution in [1.29, 1.82) is 0 Å². The van der Waals surface area contributed by atoms with E-state index in [1.807, 2.05) is 13.8 Å². The molecule has 0 aliphatic carbocycles. The number of hydrogen-bond acceptors (Lipinski definition) is 3. The van der Waals surface area contributed by atoms with Gasteiger partial charge in [-0.25, -0.2) is 4.39 Å². The quantitative estimate of drug-likeness (QED) is 0.778. The molecule has 1 heterocycles. The van der Waals surface area contributed by atoms with Gasteiger partial charge >= 0.3 is 0 Å². The van der Waals surface area contributed by atoms with E-state index in [0.29, 0.717) is 25.9 Å². The van der Waals surface area contributed by atoms with Gasteiger partial charge in [0, 0.05) is 19.3 Å². The van der Waals surface area contributed by atoms with E-state index in [2.05, 4.69) is 10.3 Å². The van der Waals surface area contributed by atoms with Crippen LogP contribution < -0.4 is 5.32 Å². The van der Waals surface area contributed by atoms with Crippen LogP contribution in [0.1, 0.15) is 32.3 Å². The summed E-state index contributed by atoms with van der Waals surface area (Å²) in [6, 6.07) is 1.44. The Morgan fingerprint density at radius 3 is 2.62 bits per heavy atom. The van der Waals surface area contributed by atoms with Crippen LogP contribution >= 0.6 is 0 Å². The van der Waals surface area contributed by atoms with Crippen LogP contribution in [0, 0.1) is 5.82 Å². The smallest absolute Gasteiger partial charge is 0.141 e. The van der Waals surface area contributed by atoms with Crippen molar-refractivity contribution in [3.63, 3.8) is 0 Å². The van der Waals surface area contributed by atoms with Gasteiger partial charge in [0.15, 0.2) is 0 Å². The number of halogens is 1. The lowest BCUT2D eigenvalue weighted by Gasteiger charge is -2.25. The van der Waals surface area contributed by atoms with Gasteiger partial charge in [0.2, 0.25) is 0 Å². The molecule has 0 aliphatic heterocycles. The maximum Gasteiger partial charge on any atom is 0.141 e. The van der Waals surface area contributed by atoms with Crippen LogP contribution in [-0.4, -0.2) is 22.2 Å². The summed E-state index contributed by atoms with van der Waals surface area (Å²) < 4.78 is 12.8. The van der Waals surface area contributed by atoms with Gasteiger partial charge in [-0.1, -0.05) is 13.8 Å². The molecule has 0 saturated carbocycles. The summed E-state index contributed by atoms with van der Waals surface area (Å²) in [5.74, 6) is -0.333. The Hall–Kier alpha value is -1.00. The minimum atomic E-state index is -0.666. The van der Waals surface area contributed by atoms with Gasteiger partial charge in [-0.3, -0.25) is 4.98 Å². The molecule has 0 aliphatic rings. The summed E-state index contributed by atoms with van der Waals surface area (Å²) in [6.45, 7) is 4.94. The normalized spacial score (nSPS) is 11.8. The molecule has 4 heteroatoms. The molecular formula is C12H19FN2O. The van der Waals surface area contributed by atoms with Crippen molar-refractivity contribution in [2.24, 2.45) is 0 Å². The van der Waals surface area contributed by atoms with Crippen LogP contribution in [0.3, 0.4) is 0 Å². The molecule has 0 saturated heterocycles. The van der Waals surface area contributed by atoms with Crippen molar-refractivity contribution in [3.05, 3.63) is 29.8 Å². The predicted molar refractivity (Wildman–Crippen MR) is 61.4 cm³/mol. The Morgan fingerprint density at radius 2 is 2.06 bits per heavy atom. The Bertz CT molecular complexity index is 327. The van der Waals surface area contributed by atoms with Gasteiger partial charge in [0.25, 0.3) is 0 Å². The molecule has 0 spiro atoms. The van der Waals surface area contributed by atoms with E-state index in [1.165, 1.54) is 12.3 Å². The third-order valence-electron chi connectivity index (χ3n) is 2.86.